The number of para-hydroxylation sites is 1. The molecule has 3 unspecified atom stereocenters. The Hall–Kier alpha value is -1.72. The summed E-state index contributed by atoms with van der Waals surface area (Å²) >= 11 is 1.75. The fourth-order valence-electron chi connectivity index (χ4n) is 4.36. The zero-order chi connectivity index (χ0) is 19.5. The second kappa shape index (κ2) is 8.75. The molecule has 1 aliphatic rings. The highest BCUT2D eigenvalue weighted by Gasteiger charge is 2.31. The molecule has 1 saturated heterocycles. The number of piperidine rings is 1. The third kappa shape index (κ3) is 4.15. The number of fused-ring (bicyclic) bond motifs is 1. The molecule has 3 nitrogen and oxygen atoms in total. The first-order valence-electron chi connectivity index (χ1n) is 10.5. The fourth-order valence-corrected chi connectivity index (χ4v) is 5.59. The first kappa shape index (κ1) is 19.6. The minimum atomic E-state index is -0.805. The number of unbranched alkanes of at least 4 members (excludes halogenated alkanes) is 1. The molecule has 1 aromatic carbocycles. The maximum absolute atomic E-state index is 14.6. The lowest BCUT2D eigenvalue weighted by Crippen LogP contribution is -2.38. The summed E-state index contributed by atoms with van der Waals surface area (Å²) < 4.78 is 14.6. The number of hydrogen-bond donors (Lipinski definition) is 1. The number of hydrogen-bond acceptors (Lipinski definition) is 3. The van der Waals surface area contributed by atoms with E-state index in [2.05, 4.69) is 52.3 Å². The van der Waals surface area contributed by atoms with Gasteiger partial charge in [-0.2, -0.15) is 0 Å². The smallest absolute Gasteiger partial charge is 0.122 e. The molecule has 2 aromatic heterocycles. The Balaban J connectivity index is 1.55. The normalized spacial score (nSPS) is 22.0. The molecule has 3 heterocycles. The highest BCUT2D eigenvalue weighted by Crippen LogP contribution is 2.37. The molecule has 0 radical (unpaired) electrons. The molecule has 0 saturated carbocycles. The minimum absolute atomic E-state index is 0.0325. The van der Waals surface area contributed by atoms with Crippen molar-refractivity contribution in [2.45, 2.75) is 57.0 Å². The third-order valence-corrected chi connectivity index (χ3v) is 7.34. The van der Waals surface area contributed by atoms with Crippen molar-refractivity contribution < 1.29 is 4.39 Å². The van der Waals surface area contributed by atoms with Crippen LogP contribution < -0.4 is 0 Å². The number of rotatable bonds is 7. The van der Waals surface area contributed by atoms with E-state index in [4.69, 9.17) is 0 Å². The van der Waals surface area contributed by atoms with E-state index in [0.29, 0.717) is 12.5 Å². The fraction of sp³-hybridized carbons (Fsp3) is 0.522. The number of nitrogens with zero attached hydrogens (tertiary/aromatic N) is 2. The third-order valence-electron chi connectivity index (χ3n) is 6.05. The van der Waals surface area contributed by atoms with Gasteiger partial charge in [0, 0.05) is 40.6 Å². The second-order valence-electron chi connectivity index (χ2n) is 8.18. The number of halogens is 1. The molecular formula is C23H30FN3S. The average molecular weight is 400 g/mol. The standard InChI is InChI=1S/C23H30FN3S/c1-3-4-7-16(12-17-13-25-21-9-6-5-8-18(17)21)22-14-26-23(28-22)19-10-11-27(2)15-20(19)24/h5-6,8-9,13-14,16,19-20,25H,3-4,7,10-12,15H2,1-2H3. The Morgan fingerprint density at radius 1 is 1.36 bits per heavy atom. The Morgan fingerprint density at radius 3 is 3.04 bits per heavy atom. The molecule has 0 aliphatic carbocycles. The number of likely N-dealkylation sites (tertiary alicyclic amines) is 1. The summed E-state index contributed by atoms with van der Waals surface area (Å²) in [5.41, 5.74) is 2.57. The van der Waals surface area contributed by atoms with Crippen molar-refractivity contribution in [3.05, 3.63) is 52.1 Å². The van der Waals surface area contributed by atoms with Gasteiger partial charge in [-0.3, -0.25) is 0 Å². The highest BCUT2D eigenvalue weighted by molar-refractivity contribution is 7.11. The molecule has 150 valence electrons. The zero-order valence-electron chi connectivity index (χ0n) is 16.8. The van der Waals surface area contributed by atoms with Crippen LogP contribution in [0.15, 0.2) is 36.7 Å². The van der Waals surface area contributed by atoms with Crippen LogP contribution in [0.4, 0.5) is 4.39 Å². The van der Waals surface area contributed by atoms with Gasteiger partial charge in [-0.05, 0) is 50.4 Å². The first-order valence-corrected chi connectivity index (χ1v) is 11.3. The minimum Gasteiger partial charge on any atom is -0.361 e. The Bertz CT molecular complexity index is 902. The SMILES string of the molecule is CCCCC(Cc1c[nH]c2ccccc12)c1cnc(C2CCN(C)CC2F)s1. The van der Waals surface area contributed by atoms with Gasteiger partial charge < -0.3 is 9.88 Å². The summed E-state index contributed by atoms with van der Waals surface area (Å²) in [6, 6.07) is 8.50. The van der Waals surface area contributed by atoms with Crippen molar-refractivity contribution in [3.8, 4) is 0 Å². The van der Waals surface area contributed by atoms with E-state index < -0.39 is 6.17 Å². The highest BCUT2D eigenvalue weighted by atomic mass is 32.1. The van der Waals surface area contributed by atoms with Crippen molar-refractivity contribution in [1.29, 1.82) is 0 Å². The predicted molar refractivity (Wildman–Crippen MR) is 116 cm³/mol. The van der Waals surface area contributed by atoms with Crippen LogP contribution in [0.5, 0.6) is 0 Å². The van der Waals surface area contributed by atoms with Gasteiger partial charge in [-0.1, -0.05) is 38.0 Å². The molecule has 0 spiro atoms. The van der Waals surface area contributed by atoms with E-state index in [1.807, 2.05) is 13.2 Å². The number of alkyl halides is 1. The molecule has 0 bridgehead atoms. The molecular weight excluding hydrogens is 369 g/mol. The van der Waals surface area contributed by atoms with Crippen molar-refractivity contribution in [1.82, 2.24) is 14.9 Å². The van der Waals surface area contributed by atoms with E-state index in [9.17, 15) is 4.39 Å². The Labute approximate surface area is 171 Å². The van der Waals surface area contributed by atoms with Gasteiger partial charge in [0.2, 0.25) is 0 Å². The van der Waals surface area contributed by atoms with Crippen molar-refractivity contribution in [3.63, 3.8) is 0 Å². The molecule has 1 fully saturated rings. The van der Waals surface area contributed by atoms with Gasteiger partial charge in [-0.15, -0.1) is 11.3 Å². The van der Waals surface area contributed by atoms with Gasteiger partial charge in [0.05, 0.1) is 5.01 Å². The van der Waals surface area contributed by atoms with Crippen LogP contribution in [-0.4, -0.2) is 41.2 Å². The number of thiazole rings is 1. The van der Waals surface area contributed by atoms with Crippen LogP contribution in [0.2, 0.25) is 0 Å². The predicted octanol–water partition coefficient (Wildman–Crippen LogP) is 5.90. The van der Waals surface area contributed by atoms with Crippen molar-refractivity contribution in [2.75, 3.05) is 20.1 Å². The molecule has 1 aliphatic heterocycles. The Kier molecular flexibility index (Phi) is 6.12. The van der Waals surface area contributed by atoms with E-state index in [1.165, 1.54) is 34.2 Å². The van der Waals surface area contributed by atoms with Crippen molar-refractivity contribution in [2.24, 2.45) is 0 Å². The largest absolute Gasteiger partial charge is 0.361 e. The van der Waals surface area contributed by atoms with Gasteiger partial charge in [-0.25, -0.2) is 9.37 Å². The summed E-state index contributed by atoms with van der Waals surface area (Å²) in [5, 5.41) is 2.31. The number of aromatic nitrogens is 2. The lowest BCUT2D eigenvalue weighted by Gasteiger charge is -2.31. The molecule has 3 aromatic rings. The van der Waals surface area contributed by atoms with Crippen LogP contribution in [0.1, 0.15) is 59.9 Å². The lowest BCUT2D eigenvalue weighted by molar-refractivity contribution is 0.139. The van der Waals surface area contributed by atoms with Gasteiger partial charge in [0.1, 0.15) is 6.17 Å². The number of H-pyrrole nitrogens is 1. The van der Waals surface area contributed by atoms with Crippen molar-refractivity contribution >= 4 is 22.2 Å². The lowest BCUT2D eigenvalue weighted by atomic mass is 9.93. The molecule has 0 amide bonds. The van der Waals surface area contributed by atoms with Crippen LogP contribution in [0.3, 0.4) is 0 Å². The summed E-state index contributed by atoms with van der Waals surface area (Å²) in [6.07, 6.45) is 8.81. The van der Waals surface area contributed by atoms with Crippen LogP contribution >= 0.6 is 11.3 Å². The topological polar surface area (TPSA) is 31.9 Å². The monoisotopic (exact) mass is 399 g/mol. The van der Waals surface area contributed by atoms with Gasteiger partial charge in [0.25, 0.3) is 0 Å². The maximum Gasteiger partial charge on any atom is 0.122 e. The van der Waals surface area contributed by atoms with Gasteiger partial charge in [0.15, 0.2) is 0 Å². The Morgan fingerprint density at radius 2 is 2.21 bits per heavy atom. The average Bonchev–Trinajstić information content (AvgIpc) is 3.33. The zero-order valence-corrected chi connectivity index (χ0v) is 17.6. The molecule has 5 heteroatoms. The molecule has 28 heavy (non-hydrogen) atoms. The number of aromatic amines is 1. The van der Waals surface area contributed by atoms with E-state index in [1.54, 1.807) is 11.3 Å². The van der Waals surface area contributed by atoms with E-state index in [0.717, 1.165) is 30.8 Å². The quantitative estimate of drug-likeness (QED) is 0.536. The molecule has 1 N–H and O–H groups in total. The van der Waals surface area contributed by atoms with Crippen LogP contribution in [-0.2, 0) is 6.42 Å². The van der Waals surface area contributed by atoms with E-state index in [-0.39, 0.29) is 5.92 Å². The summed E-state index contributed by atoms with van der Waals surface area (Å²) in [5.74, 6) is 0.421. The molecule has 3 atom stereocenters. The first-order chi connectivity index (χ1) is 13.7. The van der Waals surface area contributed by atoms with Gasteiger partial charge >= 0.3 is 0 Å². The summed E-state index contributed by atoms with van der Waals surface area (Å²) in [7, 11) is 2.00. The second-order valence-corrected chi connectivity index (χ2v) is 9.27. The number of nitrogens with one attached hydrogen (secondary N) is 1. The van der Waals surface area contributed by atoms with Crippen LogP contribution in [0, 0.1) is 0 Å². The maximum atomic E-state index is 14.6. The molecule has 4 rings (SSSR count). The number of benzene rings is 1. The van der Waals surface area contributed by atoms with E-state index >= 15 is 0 Å². The summed E-state index contributed by atoms with van der Waals surface area (Å²) in [6.45, 7) is 3.72. The summed E-state index contributed by atoms with van der Waals surface area (Å²) in [4.78, 5) is 11.5. The van der Waals surface area contributed by atoms with Crippen LogP contribution in [0.25, 0.3) is 10.9 Å².